The Bertz CT molecular complexity index is 1280. The molecule has 0 radical (unpaired) electrons. The van der Waals surface area contributed by atoms with Crippen LogP contribution in [0.15, 0.2) is 82.0 Å². The van der Waals surface area contributed by atoms with Crippen LogP contribution in [0.1, 0.15) is 22.9 Å². The van der Waals surface area contributed by atoms with E-state index in [-0.39, 0.29) is 22.9 Å². The van der Waals surface area contributed by atoms with E-state index in [0.29, 0.717) is 23.0 Å². The van der Waals surface area contributed by atoms with Crippen LogP contribution in [0.5, 0.6) is 5.75 Å². The Morgan fingerprint density at radius 2 is 1.79 bits per heavy atom. The van der Waals surface area contributed by atoms with E-state index in [1.807, 2.05) is 71.1 Å². The van der Waals surface area contributed by atoms with Gasteiger partial charge in [0.05, 0.1) is 23.0 Å². The van der Waals surface area contributed by atoms with Gasteiger partial charge in [-0.15, -0.1) is 11.3 Å². The van der Waals surface area contributed by atoms with Gasteiger partial charge in [-0.25, -0.2) is 0 Å². The minimum Gasteiger partial charge on any atom is -0.506 e. The Morgan fingerprint density at radius 1 is 1.03 bits per heavy atom. The van der Waals surface area contributed by atoms with Gasteiger partial charge < -0.3 is 9.67 Å². The molecule has 29 heavy (non-hydrogen) atoms. The van der Waals surface area contributed by atoms with Gasteiger partial charge in [0, 0.05) is 23.7 Å². The Kier molecular flexibility index (Phi) is 4.21. The van der Waals surface area contributed by atoms with Crippen LogP contribution >= 0.6 is 11.3 Å². The van der Waals surface area contributed by atoms with Gasteiger partial charge in [-0.3, -0.25) is 9.80 Å². The summed E-state index contributed by atoms with van der Waals surface area (Å²) in [6.07, 6.45) is 0.552. The lowest BCUT2D eigenvalue weighted by molar-refractivity contribution is 0.478. The first kappa shape index (κ1) is 17.7. The predicted octanol–water partition coefficient (Wildman–Crippen LogP) is 4.66. The van der Waals surface area contributed by atoms with Crippen molar-refractivity contribution in [3.8, 4) is 5.75 Å². The Morgan fingerprint density at radius 3 is 2.55 bits per heavy atom. The van der Waals surface area contributed by atoms with Crippen molar-refractivity contribution in [2.75, 3.05) is 5.01 Å². The van der Waals surface area contributed by atoms with Gasteiger partial charge in [-0.2, -0.15) is 5.10 Å². The Labute approximate surface area is 171 Å². The third kappa shape index (κ3) is 2.84. The lowest BCUT2D eigenvalue weighted by Crippen LogP contribution is -2.24. The van der Waals surface area contributed by atoms with Gasteiger partial charge in [0.15, 0.2) is 0 Å². The highest BCUT2D eigenvalue weighted by molar-refractivity contribution is 7.10. The highest BCUT2D eigenvalue weighted by Gasteiger charge is 2.33. The molecule has 4 aromatic rings. The number of hydrogen-bond acceptors (Lipinski definition) is 5. The summed E-state index contributed by atoms with van der Waals surface area (Å²) in [6.45, 7) is 0. The molecule has 0 saturated carbocycles. The number of rotatable bonds is 3. The van der Waals surface area contributed by atoms with Crippen molar-refractivity contribution in [2.45, 2.75) is 12.5 Å². The first-order valence-electron chi connectivity index (χ1n) is 9.41. The van der Waals surface area contributed by atoms with Crippen molar-refractivity contribution in [3.05, 3.63) is 92.9 Å². The number of hydrogen-bond donors (Lipinski definition) is 1. The summed E-state index contributed by atoms with van der Waals surface area (Å²) in [6, 6.07) is 21.4. The average molecular weight is 401 g/mol. The van der Waals surface area contributed by atoms with Gasteiger partial charge in [0.25, 0.3) is 5.56 Å². The summed E-state index contributed by atoms with van der Waals surface area (Å²) in [4.78, 5) is 14.3. The fraction of sp³-hybridized carbons (Fsp3) is 0.130. The lowest BCUT2D eigenvalue weighted by atomic mass is 10.0. The highest BCUT2D eigenvalue weighted by atomic mass is 32.1. The van der Waals surface area contributed by atoms with Crippen LogP contribution in [0.25, 0.3) is 10.9 Å². The molecule has 0 fully saturated rings. The molecule has 144 valence electrons. The Balaban J connectivity index is 1.70. The second-order valence-corrected chi connectivity index (χ2v) is 8.05. The number of anilines is 1. The van der Waals surface area contributed by atoms with Gasteiger partial charge in [0.1, 0.15) is 11.3 Å². The molecular formula is C23H19N3O2S. The van der Waals surface area contributed by atoms with Crippen molar-refractivity contribution in [3.63, 3.8) is 0 Å². The van der Waals surface area contributed by atoms with Crippen LogP contribution in [-0.2, 0) is 7.05 Å². The molecule has 0 amide bonds. The van der Waals surface area contributed by atoms with Crippen LogP contribution in [0, 0.1) is 0 Å². The fourth-order valence-electron chi connectivity index (χ4n) is 3.92. The van der Waals surface area contributed by atoms with Crippen LogP contribution in [0.4, 0.5) is 5.69 Å². The maximum atomic E-state index is 13.1. The fourth-order valence-corrected chi connectivity index (χ4v) is 4.73. The van der Waals surface area contributed by atoms with Crippen LogP contribution in [0.2, 0.25) is 0 Å². The van der Waals surface area contributed by atoms with E-state index in [9.17, 15) is 9.90 Å². The van der Waals surface area contributed by atoms with E-state index < -0.39 is 0 Å². The highest BCUT2D eigenvalue weighted by Crippen LogP contribution is 2.39. The SMILES string of the molecule is Cn1c(=O)c(C2=NN(c3ccccc3)[C@@H](c3cccs3)C2)c(O)c2ccccc21. The van der Waals surface area contributed by atoms with Crippen LogP contribution in [-0.4, -0.2) is 15.4 Å². The molecule has 6 heteroatoms. The molecule has 0 aliphatic carbocycles. The number of para-hydroxylation sites is 2. The molecule has 2 aromatic heterocycles. The minimum atomic E-state index is -0.236. The standard InChI is InChI=1S/C23H19N3O2S/c1-25-18-11-6-5-10-16(18)22(27)21(23(25)28)17-14-19(20-12-7-13-29-20)26(24-17)15-8-3-2-4-9-15/h2-13,19,27H,14H2,1H3/t19-/m1/s1. The summed E-state index contributed by atoms with van der Waals surface area (Å²) < 4.78 is 1.58. The maximum absolute atomic E-state index is 13.1. The molecule has 2 aromatic carbocycles. The summed E-state index contributed by atoms with van der Waals surface area (Å²) in [7, 11) is 1.73. The lowest BCUT2D eigenvalue weighted by Gasteiger charge is -2.22. The second-order valence-electron chi connectivity index (χ2n) is 7.07. The number of benzene rings is 2. The largest absolute Gasteiger partial charge is 0.506 e. The molecule has 1 N–H and O–H groups in total. The van der Waals surface area contributed by atoms with E-state index in [4.69, 9.17) is 5.10 Å². The third-order valence-corrected chi connectivity index (χ3v) is 6.34. The number of pyridine rings is 1. The topological polar surface area (TPSA) is 57.8 Å². The number of nitrogens with zero attached hydrogens (tertiary/aromatic N) is 3. The van der Waals surface area contributed by atoms with Crippen LogP contribution < -0.4 is 10.6 Å². The summed E-state index contributed by atoms with van der Waals surface area (Å²) in [5, 5.41) is 20.4. The summed E-state index contributed by atoms with van der Waals surface area (Å²) in [5.74, 6) is 0.00212. The van der Waals surface area contributed by atoms with E-state index >= 15 is 0 Å². The van der Waals surface area contributed by atoms with E-state index in [0.717, 1.165) is 5.69 Å². The number of aromatic nitrogens is 1. The minimum absolute atomic E-state index is 0.00212. The van der Waals surface area contributed by atoms with Crippen molar-refractivity contribution < 1.29 is 5.11 Å². The van der Waals surface area contributed by atoms with Crippen molar-refractivity contribution >= 4 is 33.6 Å². The Hall–Kier alpha value is -3.38. The summed E-state index contributed by atoms with van der Waals surface area (Å²) in [5.41, 5.74) is 2.31. The monoisotopic (exact) mass is 401 g/mol. The van der Waals surface area contributed by atoms with Gasteiger partial charge in [-0.05, 0) is 35.7 Å². The smallest absolute Gasteiger partial charge is 0.263 e. The normalized spacial score (nSPS) is 16.4. The van der Waals surface area contributed by atoms with Crippen LogP contribution in [0.3, 0.4) is 0 Å². The third-order valence-electron chi connectivity index (χ3n) is 5.37. The zero-order valence-corrected chi connectivity index (χ0v) is 16.6. The molecule has 5 rings (SSSR count). The molecular weight excluding hydrogens is 382 g/mol. The quantitative estimate of drug-likeness (QED) is 0.543. The molecule has 1 atom stereocenters. The number of aryl methyl sites for hydroxylation is 1. The number of thiophene rings is 1. The first-order valence-corrected chi connectivity index (χ1v) is 10.3. The number of aromatic hydroxyl groups is 1. The van der Waals surface area contributed by atoms with Crippen molar-refractivity contribution in [1.29, 1.82) is 0 Å². The molecule has 1 aliphatic rings. The van der Waals surface area contributed by atoms with E-state index in [1.54, 1.807) is 23.0 Å². The van der Waals surface area contributed by atoms with Gasteiger partial charge >= 0.3 is 0 Å². The van der Waals surface area contributed by atoms with Gasteiger partial charge in [-0.1, -0.05) is 36.4 Å². The number of hydrazone groups is 1. The van der Waals surface area contributed by atoms with E-state index in [1.165, 1.54) is 4.88 Å². The van der Waals surface area contributed by atoms with Crippen molar-refractivity contribution in [2.24, 2.45) is 12.1 Å². The van der Waals surface area contributed by atoms with Gasteiger partial charge in [0.2, 0.25) is 0 Å². The number of fused-ring (bicyclic) bond motifs is 1. The zero-order valence-electron chi connectivity index (χ0n) is 15.8. The zero-order chi connectivity index (χ0) is 20.0. The van der Waals surface area contributed by atoms with E-state index in [2.05, 4.69) is 6.07 Å². The molecule has 5 nitrogen and oxygen atoms in total. The maximum Gasteiger partial charge on any atom is 0.263 e. The molecule has 0 bridgehead atoms. The molecule has 1 aliphatic heterocycles. The molecule has 0 saturated heterocycles. The molecule has 0 unspecified atom stereocenters. The summed E-state index contributed by atoms with van der Waals surface area (Å²) >= 11 is 1.67. The molecule has 0 spiro atoms. The molecule has 3 heterocycles. The van der Waals surface area contributed by atoms with Crippen molar-refractivity contribution in [1.82, 2.24) is 4.57 Å². The second kappa shape index (κ2) is 6.90. The first-order chi connectivity index (χ1) is 14.1. The predicted molar refractivity (Wildman–Crippen MR) is 118 cm³/mol. The average Bonchev–Trinajstić information content (AvgIpc) is 3.43.